The van der Waals surface area contributed by atoms with E-state index in [1.54, 1.807) is 24.4 Å². The standard InChI is InChI=1S/C23H25FN6O2S.H2/c1-3-30(2)33-29-19-7-5-18(24)23(17(19)13-25)32-16-4-6-20-21(12-16)28-22(14-27-20)31-15-8-10-26-11-9-15;/h4-7,12,14-15,26,29H,3,8-11H2,1-2H3;1H. The van der Waals surface area contributed by atoms with Crippen molar-refractivity contribution in [2.75, 3.05) is 31.4 Å². The lowest BCUT2D eigenvalue weighted by molar-refractivity contribution is 0.156. The van der Waals surface area contributed by atoms with Gasteiger partial charge >= 0.3 is 0 Å². The molecule has 0 bridgehead atoms. The van der Waals surface area contributed by atoms with Gasteiger partial charge in [0.15, 0.2) is 11.6 Å². The molecule has 2 aromatic carbocycles. The van der Waals surface area contributed by atoms with Crippen LogP contribution >= 0.6 is 12.1 Å². The Hall–Kier alpha value is -3.13. The Morgan fingerprint density at radius 2 is 2.12 bits per heavy atom. The molecule has 3 aromatic rings. The largest absolute Gasteiger partial charge is 0.473 e. The van der Waals surface area contributed by atoms with Crippen LogP contribution in [0, 0.1) is 17.1 Å². The van der Waals surface area contributed by atoms with Crippen LogP contribution in [0.5, 0.6) is 17.4 Å². The van der Waals surface area contributed by atoms with Crippen molar-refractivity contribution >= 4 is 28.9 Å². The van der Waals surface area contributed by atoms with Gasteiger partial charge in [-0.1, -0.05) is 6.92 Å². The monoisotopic (exact) mass is 470 g/mol. The maximum absolute atomic E-state index is 14.6. The van der Waals surface area contributed by atoms with Gasteiger partial charge < -0.3 is 19.5 Å². The highest BCUT2D eigenvalue weighted by Crippen LogP contribution is 2.35. The SMILES string of the molecule is CCN(C)SNc1ccc(F)c(Oc2ccc3ncc(OC4CCNCC4)nc3c2)c1C#N.[HH]. The quantitative estimate of drug-likeness (QED) is 0.453. The summed E-state index contributed by atoms with van der Waals surface area (Å²) < 4.78 is 31.4. The van der Waals surface area contributed by atoms with Gasteiger partial charge in [0.05, 0.1) is 22.9 Å². The van der Waals surface area contributed by atoms with E-state index in [4.69, 9.17) is 9.47 Å². The van der Waals surface area contributed by atoms with Crippen molar-refractivity contribution in [3.05, 3.63) is 47.9 Å². The summed E-state index contributed by atoms with van der Waals surface area (Å²) in [4.78, 5) is 8.95. The van der Waals surface area contributed by atoms with Gasteiger partial charge in [0.25, 0.3) is 0 Å². The third-order valence-corrected chi connectivity index (χ3v) is 6.14. The van der Waals surface area contributed by atoms with E-state index < -0.39 is 5.82 Å². The van der Waals surface area contributed by atoms with Crippen molar-refractivity contribution in [3.63, 3.8) is 0 Å². The Labute approximate surface area is 197 Å². The van der Waals surface area contributed by atoms with Crippen LogP contribution in [-0.2, 0) is 0 Å². The Morgan fingerprint density at radius 1 is 1.30 bits per heavy atom. The van der Waals surface area contributed by atoms with Crippen LogP contribution in [0.3, 0.4) is 0 Å². The fraction of sp³-hybridized carbons (Fsp3) is 0.348. The third-order valence-electron chi connectivity index (χ3n) is 5.26. The first kappa shape index (κ1) is 23.0. The molecule has 4 rings (SSSR count). The lowest BCUT2D eigenvalue weighted by atomic mass is 10.1. The number of nitrogens with zero attached hydrogens (tertiary/aromatic N) is 4. The second-order valence-corrected chi connectivity index (χ2v) is 8.59. The molecule has 0 saturated carbocycles. The van der Waals surface area contributed by atoms with Gasteiger partial charge in [-0.05, 0) is 57.2 Å². The maximum Gasteiger partial charge on any atom is 0.233 e. The van der Waals surface area contributed by atoms with E-state index in [0.29, 0.717) is 28.4 Å². The van der Waals surface area contributed by atoms with Gasteiger partial charge in [0.1, 0.15) is 23.5 Å². The molecule has 33 heavy (non-hydrogen) atoms. The molecule has 174 valence electrons. The molecule has 1 aliphatic heterocycles. The highest BCUT2D eigenvalue weighted by Gasteiger charge is 2.18. The lowest BCUT2D eigenvalue weighted by Crippen LogP contribution is -2.34. The van der Waals surface area contributed by atoms with Crippen molar-refractivity contribution in [1.29, 1.82) is 5.26 Å². The number of anilines is 1. The smallest absolute Gasteiger partial charge is 0.233 e. The van der Waals surface area contributed by atoms with Gasteiger partial charge in [-0.2, -0.15) is 5.26 Å². The summed E-state index contributed by atoms with van der Waals surface area (Å²) >= 11 is 1.32. The Morgan fingerprint density at radius 3 is 2.88 bits per heavy atom. The summed E-state index contributed by atoms with van der Waals surface area (Å²) in [6, 6.07) is 9.92. The molecular weight excluding hydrogens is 443 g/mol. The zero-order valence-electron chi connectivity index (χ0n) is 18.5. The molecule has 1 aromatic heterocycles. The van der Waals surface area contributed by atoms with E-state index in [1.807, 2.05) is 24.3 Å². The zero-order chi connectivity index (χ0) is 23.2. The van der Waals surface area contributed by atoms with E-state index in [2.05, 4.69) is 20.0 Å². The number of benzene rings is 2. The van der Waals surface area contributed by atoms with Crippen molar-refractivity contribution < 1.29 is 15.3 Å². The minimum absolute atomic E-state index is 0. The Kier molecular flexibility index (Phi) is 7.44. The molecule has 10 heteroatoms. The van der Waals surface area contributed by atoms with Crippen LogP contribution < -0.4 is 19.5 Å². The van der Waals surface area contributed by atoms with Gasteiger partial charge in [0, 0.05) is 26.2 Å². The fourth-order valence-electron chi connectivity index (χ4n) is 3.34. The summed E-state index contributed by atoms with van der Waals surface area (Å²) in [5.74, 6) is 0.0252. The average Bonchev–Trinajstić information content (AvgIpc) is 2.84. The number of piperidine rings is 1. The highest BCUT2D eigenvalue weighted by molar-refractivity contribution is 7.98. The summed E-state index contributed by atoms with van der Waals surface area (Å²) in [7, 11) is 1.91. The van der Waals surface area contributed by atoms with Crippen LogP contribution in [0.2, 0.25) is 0 Å². The molecule has 0 atom stereocenters. The summed E-state index contributed by atoms with van der Waals surface area (Å²) in [6.45, 7) is 4.63. The second kappa shape index (κ2) is 10.7. The van der Waals surface area contributed by atoms with Crippen LogP contribution in [0.1, 0.15) is 26.8 Å². The van der Waals surface area contributed by atoms with Crippen molar-refractivity contribution in [3.8, 4) is 23.4 Å². The average molecular weight is 471 g/mol. The van der Waals surface area contributed by atoms with Gasteiger partial charge in [-0.15, -0.1) is 0 Å². The van der Waals surface area contributed by atoms with Crippen LogP contribution in [-0.4, -0.2) is 47.1 Å². The molecule has 1 fully saturated rings. The van der Waals surface area contributed by atoms with Gasteiger partial charge in [-0.3, -0.25) is 0 Å². The van der Waals surface area contributed by atoms with E-state index >= 15 is 0 Å². The second-order valence-electron chi connectivity index (χ2n) is 7.58. The Balaban J connectivity index is 0.00000324. The molecule has 8 nitrogen and oxygen atoms in total. The first-order valence-corrected chi connectivity index (χ1v) is 11.5. The maximum atomic E-state index is 14.6. The first-order valence-electron chi connectivity index (χ1n) is 10.8. The molecule has 1 saturated heterocycles. The fourth-order valence-corrected chi connectivity index (χ4v) is 3.89. The topological polar surface area (TPSA) is 95.3 Å². The number of rotatable bonds is 8. The number of halogens is 1. The molecule has 1 aliphatic rings. The molecular formula is C23H27FN6O2S. The highest BCUT2D eigenvalue weighted by atomic mass is 32.2. The summed E-state index contributed by atoms with van der Waals surface area (Å²) in [6.07, 6.45) is 3.54. The summed E-state index contributed by atoms with van der Waals surface area (Å²) in [5.41, 5.74) is 1.78. The minimum Gasteiger partial charge on any atom is -0.473 e. The third kappa shape index (κ3) is 5.63. The van der Waals surface area contributed by atoms with Crippen molar-refractivity contribution in [2.24, 2.45) is 0 Å². The number of ether oxygens (including phenoxy) is 2. The molecule has 0 amide bonds. The van der Waals surface area contributed by atoms with Gasteiger partial charge in [0.2, 0.25) is 5.88 Å². The molecule has 0 aliphatic carbocycles. The van der Waals surface area contributed by atoms with E-state index in [-0.39, 0.29) is 18.8 Å². The van der Waals surface area contributed by atoms with Crippen LogP contribution in [0.15, 0.2) is 36.5 Å². The normalized spacial score (nSPS) is 14.3. The minimum atomic E-state index is -0.625. The summed E-state index contributed by atoms with van der Waals surface area (Å²) in [5, 5.41) is 13.0. The molecule has 0 spiro atoms. The van der Waals surface area contributed by atoms with E-state index in [1.165, 1.54) is 24.3 Å². The number of nitriles is 1. The van der Waals surface area contributed by atoms with Gasteiger partial charge in [-0.25, -0.2) is 18.7 Å². The van der Waals surface area contributed by atoms with E-state index in [9.17, 15) is 9.65 Å². The van der Waals surface area contributed by atoms with Crippen LogP contribution in [0.25, 0.3) is 11.0 Å². The Bertz CT molecular complexity index is 1170. The number of hydrogen-bond donors (Lipinski definition) is 2. The number of nitrogens with one attached hydrogen (secondary N) is 2. The van der Waals surface area contributed by atoms with E-state index in [0.717, 1.165) is 32.5 Å². The van der Waals surface area contributed by atoms with Crippen molar-refractivity contribution in [1.82, 2.24) is 19.6 Å². The molecule has 2 N–H and O–H groups in total. The molecule has 0 unspecified atom stereocenters. The number of aromatic nitrogens is 2. The van der Waals surface area contributed by atoms with Crippen molar-refractivity contribution in [2.45, 2.75) is 25.9 Å². The predicted octanol–water partition coefficient (Wildman–Crippen LogP) is 4.74. The number of fused-ring (bicyclic) bond motifs is 1. The van der Waals surface area contributed by atoms with Crippen LogP contribution in [0.4, 0.5) is 10.1 Å². The molecule has 2 heterocycles. The lowest BCUT2D eigenvalue weighted by Gasteiger charge is -2.23. The number of hydrogen-bond acceptors (Lipinski definition) is 9. The molecule has 0 radical (unpaired) electrons. The zero-order valence-corrected chi connectivity index (χ0v) is 19.3. The predicted molar refractivity (Wildman–Crippen MR) is 129 cm³/mol. The first-order chi connectivity index (χ1) is 16.1.